The van der Waals surface area contributed by atoms with Gasteiger partial charge in [-0.15, -0.1) is 0 Å². The number of rotatable bonds is 6. The number of hydrogen-bond acceptors (Lipinski definition) is 5. The molecule has 1 amide bonds. The molecule has 128 valence electrons. The van der Waals surface area contributed by atoms with Gasteiger partial charge in [0.1, 0.15) is 5.82 Å². The maximum atomic E-state index is 11.8. The van der Waals surface area contributed by atoms with Gasteiger partial charge in [0.2, 0.25) is 5.91 Å². The topological polar surface area (TPSA) is 80.9 Å². The Labute approximate surface area is 151 Å². The van der Waals surface area contributed by atoms with Crippen molar-refractivity contribution >= 4 is 35.1 Å². The lowest BCUT2D eigenvalue weighted by Crippen LogP contribution is -2.31. The smallest absolute Gasteiger partial charge is 0.230 e. The number of nitrogens with one attached hydrogen (secondary N) is 1. The van der Waals surface area contributed by atoms with Crippen LogP contribution >= 0.6 is 23.4 Å². The summed E-state index contributed by atoms with van der Waals surface area (Å²) < 4.78 is 0. The minimum absolute atomic E-state index is 0.0444. The van der Waals surface area contributed by atoms with Gasteiger partial charge in [0.05, 0.1) is 11.4 Å². The predicted molar refractivity (Wildman–Crippen MR) is 100 cm³/mol. The molecular weight excluding hydrogens is 344 g/mol. The van der Waals surface area contributed by atoms with Crippen molar-refractivity contribution in [2.24, 2.45) is 0 Å². The number of thioether (sulfide) groups is 1. The molecule has 1 aromatic carbocycles. The number of benzene rings is 1. The lowest BCUT2D eigenvalue weighted by molar-refractivity contribution is -0.119. The molecule has 0 saturated carbocycles. The van der Waals surface area contributed by atoms with Crippen molar-refractivity contribution in [1.82, 2.24) is 15.3 Å². The number of carbonyl (C=O) groups excluding carboxylic acids is 1. The lowest BCUT2D eigenvalue weighted by Gasteiger charge is -2.12. The zero-order valence-corrected chi connectivity index (χ0v) is 15.5. The van der Waals surface area contributed by atoms with Crippen molar-refractivity contribution < 1.29 is 4.79 Å². The van der Waals surface area contributed by atoms with E-state index >= 15 is 0 Å². The zero-order valence-electron chi connectivity index (χ0n) is 14.0. The molecule has 0 aliphatic carbocycles. The molecule has 0 aliphatic heterocycles. The standard InChI is InChI=1S/C17H21ClN4OS/c1-4-13-15(11-5-7-12(18)8-6-11)16(19)22-17(21-13)24-9-14(23)20-10(2)3/h5-8,10H,4,9H2,1-3H3,(H,20,23)(H2,19,21,22). The fourth-order valence-corrected chi connectivity index (χ4v) is 3.06. The van der Waals surface area contributed by atoms with Gasteiger partial charge >= 0.3 is 0 Å². The Bertz CT molecular complexity index is 719. The molecule has 24 heavy (non-hydrogen) atoms. The first-order valence-electron chi connectivity index (χ1n) is 7.75. The van der Waals surface area contributed by atoms with Crippen LogP contribution in [0.15, 0.2) is 29.4 Å². The molecular formula is C17H21ClN4OS. The fraction of sp³-hybridized carbons (Fsp3) is 0.353. The zero-order chi connectivity index (χ0) is 17.7. The average Bonchev–Trinajstić information content (AvgIpc) is 2.53. The molecule has 0 radical (unpaired) electrons. The van der Waals surface area contributed by atoms with Gasteiger partial charge < -0.3 is 11.1 Å². The molecule has 0 aliphatic rings. The third-order valence-electron chi connectivity index (χ3n) is 3.24. The van der Waals surface area contributed by atoms with Gasteiger partial charge in [-0.3, -0.25) is 4.79 Å². The summed E-state index contributed by atoms with van der Waals surface area (Å²) in [7, 11) is 0. The summed E-state index contributed by atoms with van der Waals surface area (Å²) in [5.41, 5.74) is 8.77. The van der Waals surface area contributed by atoms with Crippen LogP contribution in [0, 0.1) is 0 Å². The van der Waals surface area contributed by atoms with Crippen LogP contribution in [-0.2, 0) is 11.2 Å². The maximum absolute atomic E-state index is 11.8. The second-order valence-electron chi connectivity index (χ2n) is 5.58. The van der Waals surface area contributed by atoms with Gasteiger partial charge in [-0.05, 0) is 38.0 Å². The Morgan fingerprint density at radius 3 is 2.54 bits per heavy atom. The summed E-state index contributed by atoms with van der Waals surface area (Å²) in [4.78, 5) is 20.7. The molecule has 1 aromatic heterocycles. The molecule has 7 heteroatoms. The second-order valence-corrected chi connectivity index (χ2v) is 6.96. The number of nitrogens with two attached hydrogens (primary N) is 1. The monoisotopic (exact) mass is 364 g/mol. The van der Waals surface area contributed by atoms with Gasteiger partial charge in [-0.2, -0.15) is 0 Å². The SMILES string of the molecule is CCc1nc(SCC(=O)NC(C)C)nc(N)c1-c1ccc(Cl)cc1. The van der Waals surface area contributed by atoms with E-state index in [0.717, 1.165) is 23.2 Å². The molecule has 3 N–H and O–H groups in total. The van der Waals surface area contributed by atoms with Gasteiger partial charge in [0.25, 0.3) is 0 Å². The van der Waals surface area contributed by atoms with E-state index in [4.69, 9.17) is 17.3 Å². The van der Waals surface area contributed by atoms with E-state index in [1.165, 1.54) is 11.8 Å². The Hall–Kier alpha value is -1.79. The average molecular weight is 365 g/mol. The summed E-state index contributed by atoms with van der Waals surface area (Å²) in [6.45, 7) is 5.86. The summed E-state index contributed by atoms with van der Waals surface area (Å²) in [6, 6.07) is 7.55. The van der Waals surface area contributed by atoms with Crippen molar-refractivity contribution in [2.45, 2.75) is 38.4 Å². The van der Waals surface area contributed by atoms with E-state index in [9.17, 15) is 4.79 Å². The highest BCUT2D eigenvalue weighted by Crippen LogP contribution is 2.30. The van der Waals surface area contributed by atoms with Crippen molar-refractivity contribution in [1.29, 1.82) is 0 Å². The van der Waals surface area contributed by atoms with Gasteiger partial charge in [0, 0.05) is 16.6 Å². The summed E-state index contributed by atoms with van der Waals surface area (Å²) in [5, 5.41) is 4.02. The van der Waals surface area contributed by atoms with E-state index in [0.29, 0.717) is 16.0 Å². The largest absolute Gasteiger partial charge is 0.383 e. The first-order valence-corrected chi connectivity index (χ1v) is 9.11. The van der Waals surface area contributed by atoms with Gasteiger partial charge in [-0.1, -0.05) is 42.4 Å². The highest BCUT2D eigenvalue weighted by atomic mass is 35.5. The van der Waals surface area contributed by atoms with Crippen LogP contribution in [0.5, 0.6) is 0 Å². The van der Waals surface area contributed by atoms with E-state index in [2.05, 4.69) is 15.3 Å². The van der Waals surface area contributed by atoms with E-state index in [-0.39, 0.29) is 17.7 Å². The number of nitrogen functional groups attached to an aromatic ring is 1. The second kappa shape index (κ2) is 8.35. The Morgan fingerprint density at radius 2 is 1.96 bits per heavy atom. The van der Waals surface area contributed by atoms with Crippen LogP contribution in [0.1, 0.15) is 26.5 Å². The van der Waals surface area contributed by atoms with Crippen LogP contribution in [0.4, 0.5) is 5.82 Å². The highest BCUT2D eigenvalue weighted by Gasteiger charge is 2.14. The van der Waals surface area contributed by atoms with E-state index < -0.39 is 0 Å². The Balaban J connectivity index is 2.24. The van der Waals surface area contributed by atoms with E-state index in [1.54, 1.807) is 0 Å². The molecule has 5 nitrogen and oxygen atoms in total. The first-order chi connectivity index (χ1) is 11.4. The molecule has 0 bridgehead atoms. The highest BCUT2D eigenvalue weighted by molar-refractivity contribution is 7.99. The predicted octanol–water partition coefficient (Wildman–Crippen LogP) is 3.56. The molecule has 0 saturated heterocycles. The normalized spacial score (nSPS) is 10.9. The molecule has 1 heterocycles. The van der Waals surface area contributed by atoms with Crippen LogP contribution in [-0.4, -0.2) is 27.7 Å². The van der Waals surface area contributed by atoms with Crippen molar-refractivity contribution in [3.8, 4) is 11.1 Å². The number of halogens is 1. The third-order valence-corrected chi connectivity index (χ3v) is 4.34. The van der Waals surface area contributed by atoms with Crippen LogP contribution in [0.2, 0.25) is 5.02 Å². The number of aryl methyl sites for hydroxylation is 1. The summed E-state index contributed by atoms with van der Waals surface area (Å²) >= 11 is 7.23. The molecule has 2 rings (SSSR count). The van der Waals surface area contributed by atoms with E-state index in [1.807, 2.05) is 45.0 Å². The lowest BCUT2D eigenvalue weighted by atomic mass is 10.0. The maximum Gasteiger partial charge on any atom is 0.230 e. The van der Waals surface area contributed by atoms with Crippen molar-refractivity contribution in [2.75, 3.05) is 11.5 Å². The number of carbonyl (C=O) groups is 1. The number of hydrogen-bond donors (Lipinski definition) is 2. The first kappa shape index (κ1) is 18.5. The van der Waals surface area contributed by atoms with Crippen molar-refractivity contribution in [3.63, 3.8) is 0 Å². The summed E-state index contributed by atoms with van der Waals surface area (Å²) in [5.74, 6) is 0.633. The minimum Gasteiger partial charge on any atom is -0.383 e. The number of amides is 1. The molecule has 0 atom stereocenters. The van der Waals surface area contributed by atoms with Crippen LogP contribution in [0.25, 0.3) is 11.1 Å². The number of nitrogens with zero attached hydrogens (tertiary/aromatic N) is 2. The number of anilines is 1. The van der Waals surface area contributed by atoms with Crippen LogP contribution < -0.4 is 11.1 Å². The molecule has 0 spiro atoms. The van der Waals surface area contributed by atoms with Crippen molar-refractivity contribution in [3.05, 3.63) is 35.0 Å². The fourth-order valence-electron chi connectivity index (χ4n) is 2.25. The number of aromatic nitrogens is 2. The third kappa shape index (κ3) is 4.85. The quantitative estimate of drug-likeness (QED) is 0.605. The minimum atomic E-state index is -0.0444. The summed E-state index contributed by atoms with van der Waals surface area (Å²) in [6.07, 6.45) is 0.719. The molecule has 0 unspecified atom stereocenters. The Morgan fingerprint density at radius 1 is 1.29 bits per heavy atom. The Kier molecular flexibility index (Phi) is 6.45. The van der Waals surface area contributed by atoms with Gasteiger partial charge in [0.15, 0.2) is 5.16 Å². The van der Waals surface area contributed by atoms with Crippen LogP contribution in [0.3, 0.4) is 0 Å². The molecule has 0 fully saturated rings. The molecule has 2 aromatic rings. The van der Waals surface area contributed by atoms with Gasteiger partial charge in [-0.25, -0.2) is 9.97 Å².